The first-order chi connectivity index (χ1) is 17.5. The monoisotopic (exact) mass is 506 g/mol. The summed E-state index contributed by atoms with van der Waals surface area (Å²) in [5.74, 6) is 4.09. The highest BCUT2D eigenvalue weighted by Gasteiger charge is 2.54. The molecule has 36 heavy (non-hydrogen) atoms. The molecule has 0 unspecified atom stereocenters. The van der Waals surface area contributed by atoms with Gasteiger partial charge < -0.3 is 10.1 Å². The number of thioether (sulfide) groups is 1. The Bertz CT molecular complexity index is 1220. The SMILES string of the molecule is COc1ccc(-n2c(CNC(=O)C34CC5CC(CC(C5)C3)C4)nnc2SCc2cccc(F)c2)cc1. The molecule has 4 aliphatic rings. The van der Waals surface area contributed by atoms with Crippen LogP contribution < -0.4 is 10.1 Å². The fourth-order valence-electron chi connectivity index (χ4n) is 7.01. The van der Waals surface area contributed by atoms with E-state index in [0.29, 0.717) is 23.3 Å². The van der Waals surface area contributed by atoms with Crippen molar-refractivity contribution < 1.29 is 13.9 Å². The van der Waals surface area contributed by atoms with Crippen molar-refractivity contribution in [3.63, 3.8) is 0 Å². The fraction of sp³-hybridized carbons (Fsp3) is 0.464. The average Bonchev–Trinajstić information content (AvgIpc) is 3.28. The van der Waals surface area contributed by atoms with Gasteiger partial charge in [0.25, 0.3) is 0 Å². The number of carbonyl (C=O) groups is 1. The molecule has 0 aliphatic heterocycles. The van der Waals surface area contributed by atoms with E-state index in [4.69, 9.17) is 4.74 Å². The van der Waals surface area contributed by atoms with Crippen LogP contribution >= 0.6 is 11.8 Å². The molecule has 0 atom stereocenters. The van der Waals surface area contributed by atoms with Crippen molar-refractivity contribution in [2.45, 2.75) is 56.0 Å². The molecule has 188 valence electrons. The molecule has 4 aliphatic carbocycles. The topological polar surface area (TPSA) is 69.0 Å². The van der Waals surface area contributed by atoms with Gasteiger partial charge in [-0.05, 0) is 98.2 Å². The number of benzene rings is 2. The molecule has 1 N–H and O–H groups in total. The summed E-state index contributed by atoms with van der Waals surface area (Å²) in [5.41, 5.74) is 1.57. The van der Waals surface area contributed by atoms with Crippen molar-refractivity contribution in [2.75, 3.05) is 7.11 Å². The molecule has 8 heteroatoms. The summed E-state index contributed by atoms with van der Waals surface area (Å²) in [7, 11) is 1.64. The van der Waals surface area contributed by atoms with Crippen LogP contribution in [0.4, 0.5) is 4.39 Å². The smallest absolute Gasteiger partial charge is 0.226 e. The van der Waals surface area contributed by atoms with Crippen molar-refractivity contribution in [3.8, 4) is 11.4 Å². The minimum absolute atomic E-state index is 0.180. The van der Waals surface area contributed by atoms with E-state index in [1.807, 2.05) is 34.9 Å². The predicted octanol–water partition coefficient (Wildman–Crippen LogP) is 5.54. The molecule has 1 aromatic heterocycles. The van der Waals surface area contributed by atoms with E-state index in [0.717, 1.165) is 54.0 Å². The lowest BCUT2D eigenvalue weighted by atomic mass is 9.49. The summed E-state index contributed by atoms with van der Waals surface area (Å²) in [6, 6.07) is 14.3. The normalized spacial score (nSPS) is 26.2. The van der Waals surface area contributed by atoms with Gasteiger partial charge in [-0.2, -0.15) is 0 Å². The van der Waals surface area contributed by atoms with E-state index < -0.39 is 0 Å². The zero-order chi connectivity index (χ0) is 24.7. The number of hydrogen-bond acceptors (Lipinski definition) is 5. The second-order valence-corrected chi connectivity index (χ2v) is 11.7. The van der Waals surface area contributed by atoms with Gasteiger partial charge in [-0.3, -0.25) is 9.36 Å². The summed E-state index contributed by atoms with van der Waals surface area (Å²) in [6.07, 6.45) is 7.03. The molecule has 4 saturated carbocycles. The highest BCUT2D eigenvalue weighted by atomic mass is 32.2. The summed E-state index contributed by atoms with van der Waals surface area (Å²) in [5, 5.41) is 12.8. The molecule has 1 heterocycles. The Hall–Kier alpha value is -2.87. The molecule has 0 saturated heterocycles. The Morgan fingerprint density at radius 1 is 1.08 bits per heavy atom. The van der Waals surface area contributed by atoms with Crippen molar-refractivity contribution in [3.05, 3.63) is 65.7 Å². The molecule has 0 radical (unpaired) electrons. The Labute approximate surface area is 215 Å². The quantitative estimate of drug-likeness (QED) is 0.406. The highest BCUT2D eigenvalue weighted by molar-refractivity contribution is 7.98. The third-order valence-electron chi connectivity index (χ3n) is 8.21. The number of rotatable bonds is 8. The zero-order valence-corrected chi connectivity index (χ0v) is 21.3. The van der Waals surface area contributed by atoms with Gasteiger partial charge in [0.1, 0.15) is 11.6 Å². The van der Waals surface area contributed by atoms with Crippen molar-refractivity contribution in [1.82, 2.24) is 20.1 Å². The first-order valence-electron chi connectivity index (χ1n) is 12.8. The lowest BCUT2D eigenvalue weighted by Gasteiger charge is -2.55. The summed E-state index contributed by atoms with van der Waals surface area (Å²) < 4.78 is 21.0. The minimum Gasteiger partial charge on any atom is -0.497 e. The molecule has 7 rings (SSSR count). The summed E-state index contributed by atoms with van der Waals surface area (Å²) in [6.45, 7) is 0.320. The zero-order valence-electron chi connectivity index (χ0n) is 20.5. The van der Waals surface area contributed by atoms with E-state index in [1.54, 1.807) is 13.2 Å². The molecule has 4 bridgehead atoms. The molecular formula is C28H31FN4O2S. The lowest BCUT2D eigenvalue weighted by molar-refractivity contribution is -0.146. The maximum atomic E-state index is 13.7. The Morgan fingerprint density at radius 2 is 1.78 bits per heavy atom. The van der Waals surface area contributed by atoms with Crippen LogP contribution in [0.25, 0.3) is 5.69 Å². The number of hydrogen-bond donors (Lipinski definition) is 1. The van der Waals surface area contributed by atoms with Crippen LogP contribution in [0.3, 0.4) is 0 Å². The third-order valence-corrected chi connectivity index (χ3v) is 9.22. The number of nitrogens with zero attached hydrogens (tertiary/aromatic N) is 3. The van der Waals surface area contributed by atoms with Gasteiger partial charge in [0.15, 0.2) is 11.0 Å². The second kappa shape index (κ2) is 9.54. The lowest BCUT2D eigenvalue weighted by Crippen LogP contribution is -2.53. The van der Waals surface area contributed by atoms with Gasteiger partial charge >= 0.3 is 0 Å². The van der Waals surface area contributed by atoms with Gasteiger partial charge in [0.05, 0.1) is 13.7 Å². The number of amides is 1. The maximum Gasteiger partial charge on any atom is 0.226 e. The molecule has 1 amide bonds. The molecule has 0 spiro atoms. The van der Waals surface area contributed by atoms with Gasteiger partial charge in [-0.15, -0.1) is 10.2 Å². The van der Waals surface area contributed by atoms with E-state index >= 15 is 0 Å². The number of aromatic nitrogens is 3. The number of ether oxygens (including phenoxy) is 1. The van der Waals surface area contributed by atoms with Crippen LogP contribution in [0.15, 0.2) is 53.7 Å². The molecular weight excluding hydrogens is 475 g/mol. The average molecular weight is 507 g/mol. The third kappa shape index (κ3) is 4.51. The number of nitrogens with one attached hydrogen (secondary N) is 1. The largest absolute Gasteiger partial charge is 0.497 e. The number of carbonyl (C=O) groups excluding carboxylic acids is 1. The number of methoxy groups -OCH3 is 1. The van der Waals surface area contributed by atoms with E-state index in [9.17, 15) is 9.18 Å². The highest BCUT2D eigenvalue weighted by Crippen LogP contribution is 2.60. The van der Waals surface area contributed by atoms with Crippen LogP contribution in [0.2, 0.25) is 0 Å². The van der Waals surface area contributed by atoms with Crippen molar-refractivity contribution in [1.29, 1.82) is 0 Å². The van der Waals surface area contributed by atoms with Crippen LogP contribution in [0.5, 0.6) is 5.75 Å². The summed E-state index contributed by atoms with van der Waals surface area (Å²) in [4.78, 5) is 13.5. The van der Waals surface area contributed by atoms with E-state index in [-0.39, 0.29) is 17.1 Å². The van der Waals surface area contributed by atoms with Gasteiger partial charge in [0, 0.05) is 16.9 Å². The first-order valence-corrected chi connectivity index (χ1v) is 13.7. The van der Waals surface area contributed by atoms with E-state index in [2.05, 4.69) is 15.5 Å². The van der Waals surface area contributed by atoms with Gasteiger partial charge in [-0.1, -0.05) is 23.9 Å². The predicted molar refractivity (Wildman–Crippen MR) is 136 cm³/mol. The van der Waals surface area contributed by atoms with Crippen LogP contribution in [-0.2, 0) is 17.1 Å². The van der Waals surface area contributed by atoms with Gasteiger partial charge in [0.2, 0.25) is 5.91 Å². The molecule has 3 aromatic rings. The van der Waals surface area contributed by atoms with Gasteiger partial charge in [-0.25, -0.2) is 4.39 Å². The standard InChI is InChI=1S/C28H31FN4O2S/c1-35-24-7-5-23(6-8-24)33-25(31-32-27(33)36-17-18-3-2-4-22(29)12-18)16-30-26(34)28-13-19-9-20(14-28)11-21(10-19)15-28/h2-8,12,19-21H,9-11,13-17H2,1H3,(H,30,34). The van der Waals surface area contributed by atoms with E-state index in [1.165, 1.54) is 43.2 Å². The Kier molecular flexibility index (Phi) is 6.23. The van der Waals surface area contributed by atoms with Crippen LogP contribution in [0, 0.1) is 29.0 Å². The fourth-order valence-corrected chi connectivity index (χ4v) is 7.92. The minimum atomic E-state index is -0.252. The van der Waals surface area contributed by atoms with Crippen LogP contribution in [-0.4, -0.2) is 27.8 Å². The Balaban J connectivity index is 1.23. The Morgan fingerprint density at radius 3 is 2.42 bits per heavy atom. The number of halogens is 1. The maximum absolute atomic E-state index is 13.7. The van der Waals surface area contributed by atoms with Crippen molar-refractivity contribution >= 4 is 17.7 Å². The first kappa shape index (κ1) is 23.5. The van der Waals surface area contributed by atoms with Crippen LogP contribution in [0.1, 0.15) is 49.9 Å². The second-order valence-electron chi connectivity index (χ2n) is 10.7. The van der Waals surface area contributed by atoms with Crippen molar-refractivity contribution in [2.24, 2.45) is 23.2 Å². The molecule has 6 nitrogen and oxygen atoms in total. The molecule has 4 fully saturated rings. The summed E-state index contributed by atoms with van der Waals surface area (Å²) >= 11 is 1.49. The molecule has 2 aromatic carbocycles.